The molecule has 0 bridgehead atoms. The first-order chi connectivity index (χ1) is 11.4. The lowest BCUT2D eigenvalue weighted by molar-refractivity contribution is 1.13. The molecule has 0 aromatic heterocycles. The van der Waals surface area contributed by atoms with Gasteiger partial charge in [-0.1, -0.05) is 36.4 Å². The second kappa shape index (κ2) is 5.81. The summed E-state index contributed by atoms with van der Waals surface area (Å²) in [5.41, 5.74) is 2.93. The molecule has 0 aliphatic carbocycles. The molecule has 2 aromatic rings. The monoisotopic (exact) mass is 301 g/mol. The van der Waals surface area contributed by atoms with Gasteiger partial charge in [0.2, 0.25) is 0 Å². The molecule has 0 unspecified atom stereocenters. The van der Waals surface area contributed by atoms with Crippen molar-refractivity contribution in [3.63, 3.8) is 0 Å². The molecule has 2 aliphatic heterocycles. The fourth-order valence-corrected chi connectivity index (χ4v) is 2.43. The zero-order valence-corrected chi connectivity index (χ0v) is 12.3. The van der Waals surface area contributed by atoms with Gasteiger partial charge in [-0.15, -0.1) is 0 Å². The number of nitrogens with zero attached hydrogens (tertiary/aromatic N) is 2. The molecule has 3 N–H and O–H groups in total. The van der Waals surface area contributed by atoms with Crippen LogP contribution in [0.25, 0.3) is 11.4 Å². The molecule has 2 heterocycles. The minimum Gasteiger partial charge on any atom is -0.340 e. The molecule has 5 heteroatoms. The Kier molecular flexibility index (Phi) is 3.37. The van der Waals surface area contributed by atoms with E-state index in [0.717, 1.165) is 34.4 Å². The summed E-state index contributed by atoms with van der Waals surface area (Å²) in [5.74, 6) is 2.35. The molecule has 0 saturated heterocycles. The van der Waals surface area contributed by atoms with Crippen LogP contribution in [0.5, 0.6) is 0 Å². The van der Waals surface area contributed by atoms with Crippen molar-refractivity contribution in [1.82, 2.24) is 15.0 Å². The second-order valence-corrected chi connectivity index (χ2v) is 5.14. The zero-order valence-electron chi connectivity index (χ0n) is 12.3. The number of hydrogen-bond donors (Lipinski definition) is 3. The Morgan fingerprint density at radius 1 is 0.783 bits per heavy atom. The Balaban J connectivity index is 1.66. The van der Waals surface area contributed by atoms with Crippen molar-refractivity contribution in [3.8, 4) is 11.4 Å². The Bertz CT molecular complexity index is 870. The predicted octanol–water partition coefficient (Wildman–Crippen LogP) is 4.40. The molecule has 2 aromatic carbocycles. The molecule has 2 aliphatic rings. The van der Waals surface area contributed by atoms with Gasteiger partial charge in [0.05, 0.1) is 11.9 Å². The van der Waals surface area contributed by atoms with Gasteiger partial charge in [0.25, 0.3) is 0 Å². The lowest BCUT2D eigenvalue weighted by Gasteiger charge is -2.08. The van der Waals surface area contributed by atoms with E-state index in [2.05, 4.69) is 25.6 Å². The first-order valence-corrected chi connectivity index (χ1v) is 7.37. The number of nitrogens with one attached hydrogen (secondary N) is 3. The van der Waals surface area contributed by atoms with Crippen LogP contribution in [-0.4, -0.2) is 15.0 Å². The molecule has 0 radical (unpaired) electrons. The number of rotatable bonds is 4. The van der Waals surface area contributed by atoms with Gasteiger partial charge in [-0.25, -0.2) is 9.97 Å². The Morgan fingerprint density at radius 2 is 1.43 bits per heavy atom. The van der Waals surface area contributed by atoms with Gasteiger partial charge in [0, 0.05) is 11.4 Å². The SMILES string of the molecule is c1ccc(Nc2cc3c(Nc4ccccc4)nc[nH]c-3n2)cc1. The summed E-state index contributed by atoms with van der Waals surface area (Å²) in [5, 5.41) is 6.62. The molecule has 23 heavy (non-hydrogen) atoms. The predicted molar refractivity (Wildman–Crippen MR) is 92.5 cm³/mol. The number of benzene rings is 2. The Hall–Kier alpha value is -3.34. The van der Waals surface area contributed by atoms with Gasteiger partial charge < -0.3 is 15.6 Å². The van der Waals surface area contributed by atoms with Crippen molar-refractivity contribution in [3.05, 3.63) is 73.1 Å². The van der Waals surface area contributed by atoms with E-state index in [1.165, 1.54) is 0 Å². The van der Waals surface area contributed by atoms with Crippen molar-refractivity contribution in [1.29, 1.82) is 0 Å². The van der Waals surface area contributed by atoms with E-state index < -0.39 is 0 Å². The van der Waals surface area contributed by atoms with Crippen molar-refractivity contribution in [2.24, 2.45) is 0 Å². The van der Waals surface area contributed by atoms with Crippen LogP contribution in [0, 0.1) is 0 Å². The summed E-state index contributed by atoms with van der Waals surface area (Å²) in [6, 6.07) is 21.9. The topological polar surface area (TPSA) is 65.6 Å². The maximum Gasteiger partial charge on any atom is 0.144 e. The molecule has 0 spiro atoms. The average molecular weight is 301 g/mol. The number of aromatic nitrogens is 3. The van der Waals surface area contributed by atoms with E-state index in [-0.39, 0.29) is 0 Å². The molecule has 112 valence electrons. The largest absolute Gasteiger partial charge is 0.340 e. The molecule has 0 atom stereocenters. The third kappa shape index (κ3) is 2.85. The molecule has 5 nitrogen and oxygen atoms in total. The molecule has 0 amide bonds. The lowest BCUT2D eigenvalue weighted by atomic mass is 10.2. The van der Waals surface area contributed by atoms with E-state index in [9.17, 15) is 0 Å². The highest BCUT2D eigenvalue weighted by Crippen LogP contribution is 2.31. The van der Waals surface area contributed by atoms with Crippen LogP contribution >= 0.6 is 0 Å². The quantitative estimate of drug-likeness (QED) is 0.523. The maximum absolute atomic E-state index is 4.56. The van der Waals surface area contributed by atoms with Crippen LogP contribution in [0.3, 0.4) is 0 Å². The van der Waals surface area contributed by atoms with Crippen molar-refractivity contribution in [2.45, 2.75) is 0 Å². The van der Waals surface area contributed by atoms with Gasteiger partial charge in [0.1, 0.15) is 17.5 Å². The summed E-state index contributed by atoms with van der Waals surface area (Å²) in [4.78, 5) is 12.0. The molecule has 0 fully saturated rings. The smallest absolute Gasteiger partial charge is 0.144 e. The van der Waals surface area contributed by atoms with Gasteiger partial charge in [-0.05, 0) is 30.3 Å². The van der Waals surface area contributed by atoms with E-state index in [0.29, 0.717) is 0 Å². The highest BCUT2D eigenvalue weighted by Gasteiger charge is 2.15. The summed E-state index contributed by atoms with van der Waals surface area (Å²) < 4.78 is 0. The number of aromatic amines is 1. The van der Waals surface area contributed by atoms with Crippen molar-refractivity contribution in [2.75, 3.05) is 10.6 Å². The third-order valence-electron chi connectivity index (χ3n) is 3.50. The summed E-state index contributed by atoms with van der Waals surface area (Å²) in [6.45, 7) is 0. The minimum atomic E-state index is 0.776. The second-order valence-electron chi connectivity index (χ2n) is 5.14. The number of anilines is 4. The molecular weight excluding hydrogens is 286 g/mol. The summed E-state index contributed by atoms with van der Waals surface area (Å²) in [6.07, 6.45) is 1.65. The highest BCUT2D eigenvalue weighted by atomic mass is 15.1. The Morgan fingerprint density at radius 3 is 2.13 bits per heavy atom. The molecule has 0 saturated carbocycles. The normalized spacial score (nSPS) is 10.6. The standard InChI is InChI=1S/C18H15N5/c1-3-7-13(8-4-1)21-16-11-15-17(19-12-20-18(15)23-16)22-14-9-5-2-6-10-14/h1-12,21H,(H2,19,20,22,23). The Labute approximate surface area is 133 Å². The van der Waals surface area contributed by atoms with Crippen LogP contribution in [0.4, 0.5) is 23.0 Å². The van der Waals surface area contributed by atoms with Gasteiger partial charge in [0.15, 0.2) is 0 Å². The highest BCUT2D eigenvalue weighted by molar-refractivity contribution is 5.79. The van der Waals surface area contributed by atoms with Crippen LogP contribution in [0.1, 0.15) is 0 Å². The van der Waals surface area contributed by atoms with E-state index in [1.54, 1.807) is 6.33 Å². The van der Waals surface area contributed by atoms with Gasteiger partial charge in [-0.2, -0.15) is 0 Å². The van der Waals surface area contributed by atoms with Crippen molar-refractivity contribution < 1.29 is 0 Å². The van der Waals surface area contributed by atoms with Crippen LogP contribution < -0.4 is 10.6 Å². The number of H-pyrrole nitrogens is 1. The fourth-order valence-electron chi connectivity index (χ4n) is 2.43. The summed E-state index contributed by atoms with van der Waals surface area (Å²) in [7, 11) is 0. The first kappa shape index (κ1) is 13.3. The number of para-hydroxylation sites is 2. The first-order valence-electron chi connectivity index (χ1n) is 7.37. The summed E-state index contributed by atoms with van der Waals surface area (Å²) >= 11 is 0. The van der Waals surface area contributed by atoms with Gasteiger partial charge in [-0.3, -0.25) is 0 Å². The van der Waals surface area contributed by atoms with E-state index >= 15 is 0 Å². The lowest BCUT2D eigenvalue weighted by Crippen LogP contribution is -1.97. The minimum absolute atomic E-state index is 0.776. The number of hydrogen-bond acceptors (Lipinski definition) is 4. The average Bonchev–Trinajstić information content (AvgIpc) is 3.00. The van der Waals surface area contributed by atoms with Crippen LogP contribution in [0.15, 0.2) is 73.1 Å². The third-order valence-corrected chi connectivity index (χ3v) is 3.50. The van der Waals surface area contributed by atoms with Crippen LogP contribution in [-0.2, 0) is 0 Å². The number of fused-ring (bicyclic) bond motifs is 1. The van der Waals surface area contributed by atoms with Crippen LogP contribution in [0.2, 0.25) is 0 Å². The molecular formula is C18H15N5. The zero-order chi connectivity index (χ0) is 15.5. The van der Waals surface area contributed by atoms with Gasteiger partial charge >= 0.3 is 0 Å². The molecule has 4 rings (SSSR count). The van der Waals surface area contributed by atoms with E-state index in [1.807, 2.05) is 66.7 Å². The van der Waals surface area contributed by atoms with E-state index in [4.69, 9.17) is 0 Å². The maximum atomic E-state index is 4.56. The van der Waals surface area contributed by atoms with Crippen molar-refractivity contribution >= 4 is 23.0 Å². The fraction of sp³-hybridized carbons (Fsp3) is 0.